The van der Waals surface area contributed by atoms with E-state index in [2.05, 4.69) is 20.8 Å². The number of aromatic amines is 2. The average Bonchev–Trinajstić information content (AvgIpc) is 3.69. The number of ether oxygens (including phenoxy) is 3. The van der Waals surface area contributed by atoms with Crippen LogP contribution in [0.1, 0.15) is 49.9 Å². The second kappa shape index (κ2) is 13.2. The van der Waals surface area contributed by atoms with Gasteiger partial charge in [-0.25, -0.2) is 13.2 Å². The largest absolute Gasteiger partial charge is 0.493 e. The molecule has 0 spiro atoms. The maximum Gasteiger partial charge on any atom is 0.411 e. The molecule has 14 heteroatoms. The molecule has 3 aromatic carbocycles. The summed E-state index contributed by atoms with van der Waals surface area (Å²) in [7, 11) is 0.484. The third-order valence-corrected chi connectivity index (χ3v) is 10.4. The van der Waals surface area contributed by atoms with Crippen LogP contribution in [-0.2, 0) is 19.4 Å². The lowest BCUT2D eigenvalue weighted by Crippen LogP contribution is -2.38. The quantitative estimate of drug-likeness (QED) is 0.189. The van der Waals surface area contributed by atoms with Crippen molar-refractivity contribution in [2.45, 2.75) is 48.9 Å². The van der Waals surface area contributed by atoms with E-state index in [9.17, 15) is 22.8 Å². The number of carbonyl (C=O) groups is 2. The average molecular weight is 652 g/mol. The molecule has 1 aliphatic rings. The molecule has 1 saturated heterocycles. The Morgan fingerprint density at radius 3 is 2.37 bits per heavy atom. The van der Waals surface area contributed by atoms with Gasteiger partial charge in [-0.05, 0) is 86.3 Å². The molecule has 2 atom stereocenters. The van der Waals surface area contributed by atoms with Gasteiger partial charge in [-0.15, -0.1) is 0 Å². The maximum absolute atomic E-state index is 14.7. The Morgan fingerprint density at radius 1 is 0.935 bits per heavy atom. The molecule has 1 fully saturated rings. The van der Waals surface area contributed by atoms with Crippen molar-refractivity contribution in [3.8, 4) is 11.5 Å². The van der Waals surface area contributed by atoms with Gasteiger partial charge in [-0.2, -0.15) is 0 Å². The van der Waals surface area contributed by atoms with Crippen molar-refractivity contribution >= 4 is 44.1 Å². The number of amides is 2. The first kappa shape index (κ1) is 32.4. The number of carbonyl (C=O) groups excluding carboxylic acids is 2. The summed E-state index contributed by atoms with van der Waals surface area (Å²) in [6.07, 6.45) is 0.410. The number of nitrogens with one attached hydrogen (secondary N) is 4. The molecule has 4 N–H and O–H groups in total. The molecule has 0 unspecified atom stereocenters. The van der Waals surface area contributed by atoms with E-state index in [1.54, 1.807) is 61.2 Å². The summed E-state index contributed by atoms with van der Waals surface area (Å²) < 4.78 is 42.7. The zero-order valence-corrected chi connectivity index (χ0v) is 27.0. The Kier molecular flexibility index (Phi) is 9.28. The summed E-state index contributed by atoms with van der Waals surface area (Å²) >= 11 is 0. The Bertz CT molecular complexity index is 1930. The number of aromatic nitrogens is 2. The second-order valence-electron chi connectivity index (χ2n) is 11.2. The molecular formula is C32H37N5O8S. The smallest absolute Gasteiger partial charge is 0.411 e. The topological polar surface area (TPSA) is 172 Å². The van der Waals surface area contributed by atoms with Gasteiger partial charge in [-0.1, -0.05) is 6.07 Å². The molecular weight excluding hydrogens is 614 g/mol. The minimum Gasteiger partial charge on any atom is -0.493 e. The molecule has 0 radical (unpaired) electrons. The molecule has 0 bridgehead atoms. The van der Waals surface area contributed by atoms with Crippen LogP contribution < -0.4 is 25.7 Å². The van der Waals surface area contributed by atoms with Crippen LogP contribution in [-0.4, -0.2) is 68.6 Å². The van der Waals surface area contributed by atoms with Crippen molar-refractivity contribution in [3.63, 3.8) is 0 Å². The predicted octanol–water partition coefficient (Wildman–Crippen LogP) is 4.75. The molecule has 1 aliphatic heterocycles. The van der Waals surface area contributed by atoms with Gasteiger partial charge in [0.05, 0.1) is 48.4 Å². The molecule has 0 saturated carbocycles. The predicted molar refractivity (Wildman–Crippen MR) is 173 cm³/mol. The van der Waals surface area contributed by atoms with E-state index in [-0.39, 0.29) is 16.4 Å². The van der Waals surface area contributed by atoms with Crippen LogP contribution in [0.25, 0.3) is 10.9 Å². The number of nitrogens with zero attached hydrogens (tertiary/aromatic N) is 1. The summed E-state index contributed by atoms with van der Waals surface area (Å²) in [5, 5.41) is 11.0. The van der Waals surface area contributed by atoms with E-state index in [0.29, 0.717) is 64.3 Å². The standard InChI is InChI=1S/C32H37N5O8S/c1-18(2)46(41,42)28-13-10-21(34-32(40)45-5)17-23(28)25-7-6-14-37(25)31(39)29(19-8-12-26(43-3)27(15-19)44-4)33-20-9-11-24-22(16-20)30(38)36-35-24/h8-13,15-18,25,29,33H,6-7,14H2,1-5H3,(H,34,40)(H2,35,36,38)/t25-,29-/m1/s1. The van der Waals surface area contributed by atoms with Crippen molar-refractivity contribution in [1.82, 2.24) is 15.1 Å². The van der Waals surface area contributed by atoms with Gasteiger partial charge in [-0.3, -0.25) is 25.1 Å². The Labute approximate surface area is 266 Å². The fourth-order valence-corrected chi connectivity index (χ4v) is 6.99. The van der Waals surface area contributed by atoms with Crippen LogP contribution in [0, 0.1) is 0 Å². The molecule has 2 amide bonds. The molecule has 4 aromatic rings. The molecule has 13 nitrogen and oxygen atoms in total. The summed E-state index contributed by atoms with van der Waals surface area (Å²) in [6, 6.07) is 13.3. The van der Waals surface area contributed by atoms with Gasteiger partial charge in [0.25, 0.3) is 5.56 Å². The number of benzene rings is 3. The lowest BCUT2D eigenvalue weighted by molar-refractivity contribution is -0.133. The normalized spacial score (nSPS) is 15.5. The molecule has 46 heavy (non-hydrogen) atoms. The molecule has 2 heterocycles. The second-order valence-corrected chi connectivity index (χ2v) is 13.7. The van der Waals surface area contributed by atoms with Gasteiger partial charge in [0.1, 0.15) is 6.04 Å². The lowest BCUT2D eigenvalue weighted by atomic mass is 10.0. The van der Waals surface area contributed by atoms with E-state index in [1.165, 1.54) is 33.5 Å². The highest BCUT2D eigenvalue weighted by molar-refractivity contribution is 7.92. The first-order chi connectivity index (χ1) is 22.0. The van der Waals surface area contributed by atoms with Crippen molar-refractivity contribution in [1.29, 1.82) is 0 Å². The zero-order valence-electron chi connectivity index (χ0n) is 26.2. The van der Waals surface area contributed by atoms with E-state index >= 15 is 0 Å². The van der Waals surface area contributed by atoms with Crippen LogP contribution in [0.2, 0.25) is 0 Å². The summed E-state index contributed by atoms with van der Waals surface area (Å²) in [6.45, 7) is 3.56. The lowest BCUT2D eigenvalue weighted by Gasteiger charge is -2.32. The first-order valence-corrected chi connectivity index (χ1v) is 16.2. The number of rotatable bonds is 10. The van der Waals surface area contributed by atoms with E-state index in [4.69, 9.17) is 14.2 Å². The number of H-pyrrole nitrogens is 2. The summed E-state index contributed by atoms with van der Waals surface area (Å²) in [4.78, 5) is 40.8. The first-order valence-electron chi connectivity index (χ1n) is 14.7. The van der Waals surface area contributed by atoms with Gasteiger partial charge in [0, 0.05) is 17.9 Å². The third-order valence-electron chi connectivity index (χ3n) is 8.14. The number of hydrogen-bond donors (Lipinski definition) is 4. The number of hydrogen-bond acceptors (Lipinski definition) is 9. The van der Waals surface area contributed by atoms with Crippen LogP contribution in [0.15, 0.2) is 64.3 Å². The van der Waals surface area contributed by atoms with Crippen LogP contribution in [0.4, 0.5) is 16.2 Å². The summed E-state index contributed by atoms with van der Waals surface area (Å²) in [5.41, 5.74) is 2.14. The fourth-order valence-electron chi connectivity index (χ4n) is 5.70. The number of fused-ring (bicyclic) bond motifs is 1. The number of sulfone groups is 1. The van der Waals surface area contributed by atoms with Crippen molar-refractivity contribution in [2.75, 3.05) is 38.5 Å². The zero-order chi connectivity index (χ0) is 33.2. The van der Waals surface area contributed by atoms with E-state index in [1.807, 2.05) is 0 Å². The van der Waals surface area contributed by atoms with Gasteiger partial charge in [0.2, 0.25) is 5.91 Å². The van der Waals surface area contributed by atoms with Crippen molar-refractivity contribution in [3.05, 3.63) is 76.1 Å². The van der Waals surface area contributed by atoms with Crippen LogP contribution in [0.3, 0.4) is 0 Å². The summed E-state index contributed by atoms with van der Waals surface area (Å²) in [5.74, 6) is 0.578. The maximum atomic E-state index is 14.7. The molecule has 5 rings (SSSR count). The Morgan fingerprint density at radius 2 is 1.67 bits per heavy atom. The molecule has 1 aromatic heterocycles. The van der Waals surface area contributed by atoms with Gasteiger partial charge < -0.3 is 24.4 Å². The SMILES string of the molecule is COC(=O)Nc1ccc(S(=O)(=O)C(C)C)c([C@H]2CCCN2C(=O)[C@H](Nc2ccc3[nH][nH]c(=O)c3c2)c2ccc(OC)c(OC)c2)c1. The highest BCUT2D eigenvalue weighted by atomic mass is 32.2. The van der Waals surface area contributed by atoms with Crippen LogP contribution >= 0.6 is 0 Å². The van der Waals surface area contributed by atoms with Crippen molar-refractivity contribution < 1.29 is 32.2 Å². The highest BCUT2D eigenvalue weighted by Crippen LogP contribution is 2.41. The Balaban J connectivity index is 1.60. The molecule has 244 valence electrons. The fraction of sp³-hybridized carbons (Fsp3) is 0.344. The minimum absolute atomic E-state index is 0.0929. The monoisotopic (exact) mass is 651 g/mol. The Hall–Kier alpha value is -4.98. The number of anilines is 2. The number of methoxy groups -OCH3 is 3. The van der Waals surface area contributed by atoms with Gasteiger partial charge in [0.15, 0.2) is 21.3 Å². The van der Waals surface area contributed by atoms with Crippen molar-refractivity contribution in [2.24, 2.45) is 0 Å². The number of likely N-dealkylation sites (tertiary alicyclic amines) is 1. The minimum atomic E-state index is -3.77. The highest BCUT2D eigenvalue weighted by Gasteiger charge is 2.38. The molecule has 0 aliphatic carbocycles. The third kappa shape index (κ3) is 6.25. The van der Waals surface area contributed by atoms with Gasteiger partial charge >= 0.3 is 6.09 Å². The van der Waals surface area contributed by atoms with E-state index in [0.717, 1.165) is 0 Å². The van der Waals surface area contributed by atoms with E-state index < -0.39 is 33.3 Å². The van der Waals surface area contributed by atoms with Crippen LogP contribution in [0.5, 0.6) is 11.5 Å².